The molecule has 1 aliphatic heterocycles. The van der Waals surface area contributed by atoms with E-state index in [1.54, 1.807) is 55.1 Å². The molecule has 5 rings (SSSR count). The largest absolute Gasteiger partial charge is 0.328 e. The highest BCUT2D eigenvalue weighted by molar-refractivity contribution is 7.93. The Morgan fingerprint density at radius 3 is 2.47 bits per heavy atom. The van der Waals surface area contributed by atoms with Gasteiger partial charge in [-0.25, -0.2) is 13.2 Å². The third kappa shape index (κ3) is 3.00. The molecule has 1 aromatic heterocycles. The number of hydrogen-bond acceptors (Lipinski definition) is 4. The molecule has 164 valence electrons. The summed E-state index contributed by atoms with van der Waals surface area (Å²) in [5.41, 5.74) is 2.63. The molecule has 0 saturated heterocycles. The first-order valence-electron chi connectivity index (χ1n) is 10.3. The van der Waals surface area contributed by atoms with Crippen molar-refractivity contribution >= 4 is 49.1 Å². The Kier molecular flexibility index (Phi) is 4.59. The lowest BCUT2D eigenvalue weighted by atomic mass is 10.1. The Balaban J connectivity index is 1.29. The number of benzene rings is 3. The molecule has 3 aromatic carbocycles. The monoisotopic (exact) mass is 450 g/mol. The SMILES string of the molecule is Cn1c(=O)n(C)c2cc(NC(=O)CCCN3c4cccc5cccc(c45)S3(=O)=O)ccc21. The van der Waals surface area contributed by atoms with Crippen molar-refractivity contribution in [2.24, 2.45) is 14.1 Å². The summed E-state index contributed by atoms with van der Waals surface area (Å²) in [4.78, 5) is 24.9. The van der Waals surface area contributed by atoms with Gasteiger partial charge in [0.15, 0.2) is 0 Å². The summed E-state index contributed by atoms with van der Waals surface area (Å²) in [6, 6.07) is 16.1. The molecular formula is C23H22N4O4S. The molecule has 0 unspecified atom stereocenters. The molecule has 9 heteroatoms. The van der Waals surface area contributed by atoms with Crippen LogP contribution in [0, 0.1) is 0 Å². The number of nitrogens with zero attached hydrogens (tertiary/aromatic N) is 3. The Labute approximate surface area is 184 Å². The van der Waals surface area contributed by atoms with Gasteiger partial charge in [-0.3, -0.25) is 18.2 Å². The normalized spacial score (nSPS) is 14.4. The van der Waals surface area contributed by atoms with Gasteiger partial charge in [0.2, 0.25) is 5.91 Å². The second-order valence-corrected chi connectivity index (χ2v) is 9.80. The molecule has 8 nitrogen and oxygen atoms in total. The molecule has 0 bridgehead atoms. The predicted octanol–water partition coefficient (Wildman–Crippen LogP) is 2.96. The Bertz CT molecular complexity index is 1560. The fourth-order valence-electron chi connectivity index (χ4n) is 4.39. The molecule has 0 fully saturated rings. The first-order chi connectivity index (χ1) is 15.3. The maximum atomic E-state index is 13.0. The summed E-state index contributed by atoms with van der Waals surface area (Å²) in [5.74, 6) is -0.211. The van der Waals surface area contributed by atoms with Gasteiger partial charge in [-0.15, -0.1) is 0 Å². The van der Waals surface area contributed by atoms with Crippen LogP contribution in [0.5, 0.6) is 0 Å². The zero-order valence-corrected chi connectivity index (χ0v) is 18.5. The van der Waals surface area contributed by atoms with Crippen molar-refractivity contribution in [3.63, 3.8) is 0 Å². The Hall–Kier alpha value is -3.59. The van der Waals surface area contributed by atoms with Crippen molar-refractivity contribution in [2.75, 3.05) is 16.2 Å². The third-order valence-corrected chi connectivity index (χ3v) is 7.86. The maximum absolute atomic E-state index is 13.0. The second-order valence-electron chi connectivity index (χ2n) is 7.96. The molecule has 0 atom stereocenters. The Morgan fingerprint density at radius 2 is 1.69 bits per heavy atom. The number of rotatable bonds is 5. The van der Waals surface area contributed by atoms with E-state index < -0.39 is 10.0 Å². The van der Waals surface area contributed by atoms with Crippen molar-refractivity contribution in [3.8, 4) is 0 Å². The van der Waals surface area contributed by atoms with E-state index in [1.807, 2.05) is 18.2 Å². The van der Waals surface area contributed by atoms with Crippen molar-refractivity contribution < 1.29 is 13.2 Å². The van der Waals surface area contributed by atoms with E-state index in [2.05, 4.69) is 5.32 Å². The highest BCUT2D eigenvalue weighted by atomic mass is 32.2. The van der Waals surface area contributed by atoms with E-state index >= 15 is 0 Å². The van der Waals surface area contributed by atoms with Crippen LogP contribution in [0.25, 0.3) is 21.8 Å². The molecule has 0 radical (unpaired) electrons. The number of amides is 1. The molecule has 1 amide bonds. The van der Waals surface area contributed by atoms with Crippen LogP contribution in [-0.2, 0) is 28.9 Å². The zero-order chi connectivity index (χ0) is 22.6. The molecule has 0 spiro atoms. The summed E-state index contributed by atoms with van der Waals surface area (Å²) < 4.78 is 30.5. The number of sulfonamides is 1. The minimum atomic E-state index is -3.62. The minimum Gasteiger partial charge on any atom is -0.326 e. The topological polar surface area (TPSA) is 93.4 Å². The van der Waals surface area contributed by atoms with E-state index in [1.165, 1.54) is 8.87 Å². The molecule has 0 saturated carbocycles. The van der Waals surface area contributed by atoms with Gasteiger partial charge in [0, 0.05) is 38.1 Å². The second kappa shape index (κ2) is 7.23. The number of carbonyl (C=O) groups is 1. The number of imidazole rings is 1. The van der Waals surface area contributed by atoms with Gasteiger partial charge >= 0.3 is 5.69 Å². The molecular weight excluding hydrogens is 428 g/mol. The van der Waals surface area contributed by atoms with Gasteiger partial charge in [0.05, 0.1) is 21.6 Å². The standard InChI is InChI=1S/C23H22N4O4S/c1-25-17-12-11-16(14-19(17)26(2)23(25)29)24-21(28)10-5-13-27-18-8-3-6-15-7-4-9-20(22(15)18)32(27,30)31/h3-4,6-9,11-12,14H,5,10,13H2,1-2H3,(H,24,28). The van der Waals surface area contributed by atoms with Crippen molar-refractivity contribution in [2.45, 2.75) is 17.7 Å². The third-order valence-electron chi connectivity index (χ3n) is 6.00. The summed E-state index contributed by atoms with van der Waals surface area (Å²) in [6.45, 7) is 0.218. The van der Waals surface area contributed by atoms with Crippen LogP contribution >= 0.6 is 0 Å². The fourth-order valence-corrected chi connectivity index (χ4v) is 6.14. The highest BCUT2D eigenvalue weighted by Gasteiger charge is 2.35. The van der Waals surface area contributed by atoms with Gasteiger partial charge in [0.25, 0.3) is 10.0 Å². The number of hydrogen-bond donors (Lipinski definition) is 1. The average Bonchev–Trinajstić information content (AvgIpc) is 3.13. The predicted molar refractivity (Wildman–Crippen MR) is 125 cm³/mol. The lowest BCUT2D eigenvalue weighted by molar-refractivity contribution is -0.116. The van der Waals surface area contributed by atoms with Crippen LogP contribution in [0.15, 0.2) is 64.3 Å². The first-order valence-corrected chi connectivity index (χ1v) is 11.7. The molecule has 1 N–H and O–H groups in total. The van der Waals surface area contributed by atoms with Crippen LogP contribution in [-0.4, -0.2) is 30.0 Å². The quantitative estimate of drug-likeness (QED) is 0.506. The number of carbonyl (C=O) groups excluding carboxylic acids is 1. The van der Waals surface area contributed by atoms with Crippen LogP contribution < -0.4 is 15.3 Å². The number of aryl methyl sites for hydroxylation is 2. The average molecular weight is 451 g/mol. The maximum Gasteiger partial charge on any atom is 0.328 e. The van der Waals surface area contributed by atoms with Crippen molar-refractivity contribution in [1.29, 1.82) is 0 Å². The Morgan fingerprint density at radius 1 is 0.969 bits per heavy atom. The molecule has 32 heavy (non-hydrogen) atoms. The number of fused-ring (bicyclic) bond motifs is 1. The van der Waals surface area contributed by atoms with Gasteiger partial charge < -0.3 is 5.32 Å². The van der Waals surface area contributed by atoms with E-state index in [-0.39, 0.29) is 24.6 Å². The van der Waals surface area contributed by atoms with E-state index in [0.29, 0.717) is 22.7 Å². The summed E-state index contributed by atoms with van der Waals surface area (Å²) in [7, 11) is -0.231. The lowest BCUT2D eigenvalue weighted by Crippen LogP contribution is -2.28. The highest BCUT2D eigenvalue weighted by Crippen LogP contribution is 2.41. The van der Waals surface area contributed by atoms with Crippen LogP contribution in [0.2, 0.25) is 0 Å². The first kappa shape index (κ1) is 20.3. The van der Waals surface area contributed by atoms with Gasteiger partial charge in [0.1, 0.15) is 0 Å². The van der Waals surface area contributed by atoms with Crippen LogP contribution in [0.1, 0.15) is 12.8 Å². The minimum absolute atomic E-state index is 0.133. The summed E-state index contributed by atoms with van der Waals surface area (Å²) >= 11 is 0. The van der Waals surface area contributed by atoms with E-state index in [9.17, 15) is 18.0 Å². The van der Waals surface area contributed by atoms with E-state index in [4.69, 9.17) is 0 Å². The molecule has 1 aliphatic rings. The van der Waals surface area contributed by atoms with Gasteiger partial charge in [-0.05, 0) is 42.1 Å². The summed E-state index contributed by atoms with van der Waals surface area (Å²) in [6.07, 6.45) is 0.547. The zero-order valence-electron chi connectivity index (χ0n) is 17.7. The van der Waals surface area contributed by atoms with Gasteiger partial charge in [-0.1, -0.05) is 24.3 Å². The van der Waals surface area contributed by atoms with Crippen molar-refractivity contribution in [1.82, 2.24) is 9.13 Å². The van der Waals surface area contributed by atoms with Crippen LogP contribution in [0.3, 0.4) is 0 Å². The number of aromatic nitrogens is 2. The van der Waals surface area contributed by atoms with Crippen LogP contribution in [0.4, 0.5) is 11.4 Å². The van der Waals surface area contributed by atoms with Gasteiger partial charge in [-0.2, -0.15) is 0 Å². The number of nitrogens with one attached hydrogen (secondary N) is 1. The molecule has 4 aromatic rings. The summed E-state index contributed by atoms with van der Waals surface area (Å²) in [5, 5.41) is 4.46. The number of anilines is 2. The smallest absolute Gasteiger partial charge is 0.326 e. The molecule has 2 heterocycles. The van der Waals surface area contributed by atoms with E-state index in [0.717, 1.165) is 21.8 Å². The lowest BCUT2D eigenvalue weighted by Gasteiger charge is -2.18. The van der Waals surface area contributed by atoms with Crippen molar-refractivity contribution in [3.05, 3.63) is 65.1 Å². The molecule has 0 aliphatic carbocycles. The fraction of sp³-hybridized carbons (Fsp3) is 0.217.